The number of thioether (sulfide) groups is 1. The molecule has 0 bridgehead atoms. The number of benzene rings is 2. The topological polar surface area (TPSA) is 108 Å². The van der Waals surface area contributed by atoms with Crippen LogP contribution >= 0.6 is 11.8 Å². The van der Waals surface area contributed by atoms with Gasteiger partial charge in [-0.3, -0.25) is 9.59 Å². The second-order valence-corrected chi connectivity index (χ2v) is 7.05. The van der Waals surface area contributed by atoms with E-state index in [-0.39, 0.29) is 30.2 Å². The minimum absolute atomic E-state index is 0.118. The first-order valence-electron chi connectivity index (χ1n) is 8.88. The van der Waals surface area contributed by atoms with Crippen LogP contribution < -0.4 is 10.6 Å². The summed E-state index contributed by atoms with van der Waals surface area (Å²) in [5.41, 5.74) is 2.09. The highest BCUT2D eigenvalue weighted by Crippen LogP contribution is 2.23. The van der Waals surface area contributed by atoms with Crippen LogP contribution in [0.1, 0.15) is 22.3 Å². The molecule has 2 N–H and O–H groups in total. The van der Waals surface area contributed by atoms with Crippen molar-refractivity contribution in [2.45, 2.75) is 18.2 Å². The summed E-state index contributed by atoms with van der Waals surface area (Å²) in [5, 5.41) is 13.7. The number of nitrogens with one attached hydrogen (secondary N) is 2. The molecule has 0 aliphatic carbocycles. The first-order valence-corrected chi connectivity index (χ1v) is 9.87. The molecule has 0 aliphatic rings. The summed E-state index contributed by atoms with van der Waals surface area (Å²) in [5.74, 6) is -1.20. The molecule has 150 valence electrons. The van der Waals surface area contributed by atoms with Crippen molar-refractivity contribution in [3.63, 3.8) is 0 Å². The largest absolute Gasteiger partial charge is 0.452 e. The lowest BCUT2D eigenvalue weighted by atomic mass is 10.2. The zero-order valence-corrected chi connectivity index (χ0v) is 16.8. The second kappa shape index (κ2) is 11.5. The van der Waals surface area contributed by atoms with Crippen LogP contribution in [0, 0.1) is 18.3 Å². The van der Waals surface area contributed by atoms with Gasteiger partial charge < -0.3 is 15.4 Å². The van der Waals surface area contributed by atoms with Crippen LogP contribution in [0.5, 0.6) is 0 Å². The first-order chi connectivity index (χ1) is 14.0. The SMILES string of the molecule is Cc1ccc(NC(=O)CSc2ccccc2C(=O)OCC(=O)NCCC#N)cc1. The average Bonchev–Trinajstić information content (AvgIpc) is 2.72. The summed E-state index contributed by atoms with van der Waals surface area (Å²) < 4.78 is 5.03. The Balaban J connectivity index is 1.88. The normalized spacial score (nSPS) is 9.93. The van der Waals surface area contributed by atoms with Gasteiger partial charge in [-0.2, -0.15) is 5.26 Å². The predicted molar refractivity (Wildman–Crippen MR) is 110 cm³/mol. The highest BCUT2D eigenvalue weighted by Gasteiger charge is 2.15. The Morgan fingerprint density at radius 2 is 1.79 bits per heavy atom. The van der Waals surface area contributed by atoms with Gasteiger partial charge in [0.2, 0.25) is 5.91 Å². The molecule has 2 aromatic rings. The van der Waals surface area contributed by atoms with Gasteiger partial charge in [0.15, 0.2) is 6.61 Å². The molecule has 0 radical (unpaired) electrons. The third-order valence-electron chi connectivity index (χ3n) is 3.69. The lowest BCUT2D eigenvalue weighted by molar-refractivity contribution is -0.124. The van der Waals surface area contributed by atoms with Crippen molar-refractivity contribution >= 4 is 35.2 Å². The molecule has 0 atom stereocenters. The highest BCUT2D eigenvalue weighted by atomic mass is 32.2. The molecule has 29 heavy (non-hydrogen) atoms. The lowest BCUT2D eigenvalue weighted by Crippen LogP contribution is -2.29. The van der Waals surface area contributed by atoms with Gasteiger partial charge in [-0.15, -0.1) is 11.8 Å². The number of rotatable bonds is 9. The van der Waals surface area contributed by atoms with Crippen molar-refractivity contribution in [2.24, 2.45) is 0 Å². The van der Waals surface area contributed by atoms with Crippen molar-refractivity contribution in [2.75, 3.05) is 24.2 Å². The van der Waals surface area contributed by atoms with E-state index in [4.69, 9.17) is 10.00 Å². The Labute approximate surface area is 173 Å². The number of carbonyl (C=O) groups is 3. The van der Waals surface area contributed by atoms with E-state index in [1.807, 2.05) is 37.3 Å². The van der Waals surface area contributed by atoms with E-state index in [9.17, 15) is 14.4 Å². The third kappa shape index (κ3) is 7.68. The van der Waals surface area contributed by atoms with E-state index in [2.05, 4.69) is 10.6 Å². The van der Waals surface area contributed by atoms with Gasteiger partial charge in [0.05, 0.1) is 23.8 Å². The van der Waals surface area contributed by atoms with Crippen molar-refractivity contribution < 1.29 is 19.1 Å². The number of aryl methyl sites for hydroxylation is 1. The Kier molecular flexibility index (Phi) is 8.73. The molecule has 0 saturated carbocycles. The van der Waals surface area contributed by atoms with Gasteiger partial charge in [0.25, 0.3) is 5.91 Å². The van der Waals surface area contributed by atoms with Crippen LogP contribution in [-0.4, -0.2) is 36.7 Å². The van der Waals surface area contributed by atoms with Gasteiger partial charge in [-0.05, 0) is 31.2 Å². The standard InChI is InChI=1S/C21H21N3O4S/c1-15-7-9-16(10-8-15)24-20(26)14-29-18-6-3-2-5-17(18)21(27)28-13-19(25)23-12-4-11-22/h2-3,5-10H,4,12-14H2,1H3,(H,23,25)(H,24,26). The molecular formula is C21H21N3O4S. The van der Waals surface area contributed by atoms with Crippen molar-refractivity contribution in [3.8, 4) is 6.07 Å². The zero-order chi connectivity index (χ0) is 21.1. The molecule has 7 nitrogen and oxygen atoms in total. The maximum absolute atomic E-state index is 12.3. The fourth-order valence-electron chi connectivity index (χ4n) is 2.26. The van der Waals surface area contributed by atoms with Crippen molar-refractivity contribution in [1.82, 2.24) is 5.32 Å². The molecule has 2 rings (SSSR count). The summed E-state index contributed by atoms with van der Waals surface area (Å²) in [6.45, 7) is 1.74. The molecule has 0 heterocycles. The smallest absolute Gasteiger partial charge is 0.339 e. The average molecular weight is 411 g/mol. The Morgan fingerprint density at radius 1 is 1.07 bits per heavy atom. The van der Waals surface area contributed by atoms with E-state index in [1.54, 1.807) is 24.3 Å². The molecule has 0 spiro atoms. The van der Waals surface area contributed by atoms with Crippen molar-refractivity contribution in [3.05, 3.63) is 59.7 Å². The molecular weight excluding hydrogens is 390 g/mol. The second-order valence-electron chi connectivity index (χ2n) is 6.03. The Bertz CT molecular complexity index is 907. The summed E-state index contributed by atoms with van der Waals surface area (Å²) in [4.78, 5) is 36.6. The van der Waals surface area contributed by atoms with Crippen LogP contribution in [0.2, 0.25) is 0 Å². The number of hydrogen-bond acceptors (Lipinski definition) is 6. The number of anilines is 1. The first kappa shape index (κ1) is 22.0. The number of nitriles is 1. The van der Waals surface area contributed by atoms with E-state index in [0.717, 1.165) is 5.56 Å². The zero-order valence-electron chi connectivity index (χ0n) is 15.9. The lowest BCUT2D eigenvalue weighted by Gasteiger charge is -2.10. The van der Waals surface area contributed by atoms with E-state index < -0.39 is 18.5 Å². The summed E-state index contributed by atoms with van der Waals surface area (Å²) in [6, 6.07) is 16.1. The van der Waals surface area contributed by atoms with Crippen LogP contribution in [0.15, 0.2) is 53.4 Å². The fraction of sp³-hybridized carbons (Fsp3) is 0.238. The van der Waals surface area contributed by atoms with Gasteiger partial charge in [-0.1, -0.05) is 29.8 Å². The van der Waals surface area contributed by atoms with Crippen LogP contribution in [-0.2, 0) is 14.3 Å². The van der Waals surface area contributed by atoms with Gasteiger partial charge in [0.1, 0.15) is 0 Å². The van der Waals surface area contributed by atoms with Gasteiger partial charge in [-0.25, -0.2) is 4.79 Å². The molecule has 0 fully saturated rings. The summed E-state index contributed by atoms with van der Waals surface area (Å²) >= 11 is 1.21. The van der Waals surface area contributed by atoms with E-state index in [1.165, 1.54) is 11.8 Å². The third-order valence-corrected chi connectivity index (χ3v) is 4.77. The molecule has 2 aromatic carbocycles. The highest BCUT2D eigenvalue weighted by molar-refractivity contribution is 8.00. The number of hydrogen-bond donors (Lipinski definition) is 2. The number of nitrogens with zero attached hydrogens (tertiary/aromatic N) is 1. The Hall–Kier alpha value is -3.31. The van der Waals surface area contributed by atoms with E-state index >= 15 is 0 Å². The number of esters is 1. The number of amides is 2. The quantitative estimate of drug-likeness (QED) is 0.373. The monoisotopic (exact) mass is 411 g/mol. The van der Waals surface area contributed by atoms with Gasteiger partial charge in [0, 0.05) is 17.1 Å². The van der Waals surface area contributed by atoms with Crippen LogP contribution in [0.3, 0.4) is 0 Å². The van der Waals surface area contributed by atoms with Crippen LogP contribution in [0.4, 0.5) is 5.69 Å². The number of ether oxygens (including phenoxy) is 1. The maximum Gasteiger partial charge on any atom is 0.339 e. The summed E-state index contributed by atoms with van der Waals surface area (Å²) in [6.07, 6.45) is 0.184. The summed E-state index contributed by atoms with van der Waals surface area (Å²) in [7, 11) is 0. The molecule has 0 saturated heterocycles. The predicted octanol–water partition coefficient (Wildman–Crippen LogP) is 2.91. The molecule has 0 aromatic heterocycles. The molecule has 0 aliphatic heterocycles. The van der Waals surface area contributed by atoms with Crippen molar-refractivity contribution in [1.29, 1.82) is 5.26 Å². The molecule has 2 amide bonds. The number of carbonyl (C=O) groups excluding carboxylic acids is 3. The molecule has 0 unspecified atom stereocenters. The van der Waals surface area contributed by atoms with Gasteiger partial charge >= 0.3 is 5.97 Å². The molecule has 8 heteroatoms. The minimum Gasteiger partial charge on any atom is -0.452 e. The maximum atomic E-state index is 12.3. The van der Waals surface area contributed by atoms with Crippen LogP contribution in [0.25, 0.3) is 0 Å². The fourth-order valence-corrected chi connectivity index (χ4v) is 3.10. The Morgan fingerprint density at radius 3 is 2.52 bits per heavy atom. The van der Waals surface area contributed by atoms with E-state index in [0.29, 0.717) is 10.6 Å². The minimum atomic E-state index is -0.650.